The van der Waals surface area contributed by atoms with E-state index in [2.05, 4.69) is 30.9 Å². The van der Waals surface area contributed by atoms with Gasteiger partial charge in [0.05, 0.1) is 0 Å². The lowest BCUT2D eigenvalue weighted by molar-refractivity contribution is 0.0284. The first kappa shape index (κ1) is 14.3. The quantitative estimate of drug-likeness (QED) is 0.932. The minimum absolute atomic E-state index is 0.184. The Morgan fingerprint density at radius 3 is 2.86 bits per heavy atom. The van der Waals surface area contributed by atoms with Gasteiger partial charge >= 0.3 is 0 Å². The molecule has 0 radical (unpaired) electrons. The fourth-order valence-corrected chi connectivity index (χ4v) is 4.72. The van der Waals surface area contributed by atoms with Crippen molar-refractivity contribution >= 4 is 5.91 Å². The zero-order valence-corrected chi connectivity index (χ0v) is 13.6. The van der Waals surface area contributed by atoms with Gasteiger partial charge in [0.1, 0.15) is 0 Å². The van der Waals surface area contributed by atoms with Crippen LogP contribution in [0.4, 0.5) is 0 Å². The Kier molecular flexibility index (Phi) is 3.12. The fourth-order valence-electron chi connectivity index (χ4n) is 4.72. The highest BCUT2D eigenvalue weighted by Gasteiger charge is 2.49. The van der Waals surface area contributed by atoms with Crippen LogP contribution < -0.4 is 5.73 Å². The molecule has 3 aliphatic rings. The first-order valence-electron chi connectivity index (χ1n) is 8.66. The SMILES string of the molecule is C[C@@H]1[C@@H]2Cc3ccc(C(N)=O)cc3[C@]1(C)CCN2CC1CC1. The van der Waals surface area contributed by atoms with E-state index in [1.165, 1.54) is 43.5 Å². The number of piperidine rings is 1. The van der Waals surface area contributed by atoms with Crippen molar-refractivity contribution in [1.29, 1.82) is 0 Å². The number of rotatable bonds is 3. The van der Waals surface area contributed by atoms with Crippen LogP contribution in [0.2, 0.25) is 0 Å². The third-order valence-corrected chi connectivity index (χ3v) is 6.60. The minimum Gasteiger partial charge on any atom is -0.366 e. The molecule has 1 heterocycles. The predicted octanol–water partition coefficient (Wildman–Crippen LogP) is 2.72. The van der Waals surface area contributed by atoms with Crippen molar-refractivity contribution in [2.45, 2.75) is 51.0 Å². The number of carbonyl (C=O) groups is 1. The van der Waals surface area contributed by atoms with Gasteiger partial charge in [0.25, 0.3) is 0 Å². The van der Waals surface area contributed by atoms with Crippen molar-refractivity contribution in [2.75, 3.05) is 13.1 Å². The van der Waals surface area contributed by atoms with Crippen LogP contribution in [0, 0.1) is 11.8 Å². The highest BCUT2D eigenvalue weighted by Crippen LogP contribution is 2.49. The summed E-state index contributed by atoms with van der Waals surface area (Å²) in [7, 11) is 0. The molecule has 118 valence electrons. The molecule has 1 saturated carbocycles. The first-order valence-corrected chi connectivity index (χ1v) is 8.66. The summed E-state index contributed by atoms with van der Waals surface area (Å²) in [6.45, 7) is 7.29. The van der Waals surface area contributed by atoms with E-state index < -0.39 is 0 Å². The average Bonchev–Trinajstić information content (AvgIpc) is 3.29. The molecule has 2 aliphatic carbocycles. The van der Waals surface area contributed by atoms with Gasteiger partial charge in [-0.1, -0.05) is 19.9 Å². The van der Waals surface area contributed by atoms with Gasteiger partial charge in [0.15, 0.2) is 0 Å². The molecule has 0 unspecified atom stereocenters. The molecule has 2 N–H and O–H groups in total. The van der Waals surface area contributed by atoms with E-state index >= 15 is 0 Å². The van der Waals surface area contributed by atoms with Crippen LogP contribution in [0.15, 0.2) is 18.2 Å². The molecule has 3 nitrogen and oxygen atoms in total. The number of hydrogen-bond acceptors (Lipinski definition) is 2. The summed E-state index contributed by atoms with van der Waals surface area (Å²) in [5.41, 5.74) is 9.13. The maximum absolute atomic E-state index is 11.5. The Balaban J connectivity index is 1.72. The van der Waals surface area contributed by atoms with Crippen LogP contribution in [0.1, 0.15) is 54.6 Å². The molecular formula is C19H26N2O. The number of likely N-dealkylation sites (tertiary alicyclic amines) is 1. The van der Waals surface area contributed by atoms with E-state index in [4.69, 9.17) is 5.73 Å². The maximum atomic E-state index is 11.5. The van der Waals surface area contributed by atoms with Gasteiger partial charge < -0.3 is 5.73 Å². The van der Waals surface area contributed by atoms with Crippen LogP contribution in [0.5, 0.6) is 0 Å². The largest absolute Gasteiger partial charge is 0.366 e. The van der Waals surface area contributed by atoms with Gasteiger partial charge in [-0.2, -0.15) is 0 Å². The molecule has 1 aromatic rings. The number of nitrogens with two attached hydrogens (primary N) is 1. The Labute approximate surface area is 132 Å². The second-order valence-corrected chi connectivity index (χ2v) is 7.90. The monoisotopic (exact) mass is 298 g/mol. The fraction of sp³-hybridized carbons (Fsp3) is 0.632. The maximum Gasteiger partial charge on any atom is 0.248 e. The predicted molar refractivity (Wildman–Crippen MR) is 87.9 cm³/mol. The zero-order valence-electron chi connectivity index (χ0n) is 13.6. The van der Waals surface area contributed by atoms with Crippen molar-refractivity contribution in [1.82, 2.24) is 4.90 Å². The molecule has 22 heavy (non-hydrogen) atoms. The van der Waals surface area contributed by atoms with Gasteiger partial charge in [-0.05, 0) is 72.7 Å². The van der Waals surface area contributed by atoms with Crippen molar-refractivity contribution in [3.8, 4) is 0 Å². The van der Waals surface area contributed by atoms with Crippen molar-refractivity contribution in [3.63, 3.8) is 0 Å². The summed E-state index contributed by atoms with van der Waals surface area (Å²) in [6.07, 6.45) is 5.16. The Bertz CT molecular complexity index is 622. The van der Waals surface area contributed by atoms with Gasteiger partial charge in [0, 0.05) is 18.2 Å². The molecule has 3 atom stereocenters. The van der Waals surface area contributed by atoms with E-state index in [-0.39, 0.29) is 11.3 Å². The van der Waals surface area contributed by atoms with Crippen LogP contribution in [-0.4, -0.2) is 29.9 Å². The Morgan fingerprint density at radius 1 is 1.41 bits per heavy atom. The normalized spacial score (nSPS) is 34.3. The molecule has 3 heteroatoms. The lowest BCUT2D eigenvalue weighted by Crippen LogP contribution is -2.58. The molecular weight excluding hydrogens is 272 g/mol. The summed E-state index contributed by atoms with van der Waals surface area (Å²) in [5, 5.41) is 0. The number of nitrogens with zero attached hydrogens (tertiary/aromatic N) is 1. The standard InChI is InChI=1S/C19H26N2O/c1-12-17-10-14-5-6-15(18(20)22)9-16(14)19(12,2)7-8-21(17)11-13-3-4-13/h5-6,9,12-13,17H,3-4,7-8,10-11H2,1-2H3,(H2,20,22)/t12-,17+,19-/m1/s1. The molecule has 2 fully saturated rings. The van der Waals surface area contributed by atoms with Crippen molar-refractivity contribution in [2.24, 2.45) is 17.6 Å². The van der Waals surface area contributed by atoms with Crippen LogP contribution in [-0.2, 0) is 11.8 Å². The van der Waals surface area contributed by atoms with E-state index in [9.17, 15) is 4.79 Å². The number of benzene rings is 1. The summed E-state index contributed by atoms with van der Waals surface area (Å²) < 4.78 is 0. The number of hydrogen-bond donors (Lipinski definition) is 1. The van der Waals surface area contributed by atoms with Crippen LogP contribution in [0.3, 0.4) is 0 Å². The smallest absolute Gasteiger partial charge is 0.248 e. The Morgan fingerprint density at radius 2 is 2.18 bits per heavy atom. The average molecular weight is 298 g/mol. The minimum atomic E-state index is -0.313. The number of fused-ring (bicyclic) bond motifs is 4. The lowest BCUT2D eigenvalue weighted by atomic mass is 9.59. The summed E-state index contributed by atoms with van der Waals surface area (Å²) in [4.78, 5) is 14.3. The second-order valence-electron chi connectivity index (χ2n) is 7.90. The topological polar surface area (TPSA) is 46.3 Å². The summed E-state index contributed by atoms with van der Waals surface area (Å²) >= 11 is 0. The lowest BCUT2D eigenvalue weighted by Gasteiger charge is -2.55. The van der Waals surface area contributed by atoms with E-state index in [1.807, 2.05) is 6.07 Å². The third kappa shape index (κ3) is 2.10. The van der Waals surface area contributed by atoms with E-state index in [0.29, 0.717) is 17.5 Å². The van der Waals surface area contributed by atoms with Gasteiger partial charge in [-0.15, -0.1) is 0 Å². The number of amides is 1. The van der Waals surface area contributed by atoms with Gasteiger partial charge in [-0.3, -0.25) is 9.69 Å². The molecule has 2 bridgehead atoms. The zero-order chi connectivity index (χ0) is 15.5. The van der Waals surface area contributed by atoms with E-state index in [0.717, 1.165) is 12.3 Å². The van der Waals surface area contributed by atoms with Gasteiger partial charge in [-0.25, -0.2) is 0 Å². The van der Waals surface area contributed by atoms with Crippen LogP contribution >= 0.6 is 0 Å². The first-order chi connectivity index (χ1) is 10.5. The second kappa shape index (κ2) is 4.82. The van der Waals surface area contributed by atoms with Crippen molar-refractivity contribution in [3.05, 3.63) is 34.9 Å². The highest BCUT2D eigenvalue weighted by atomic mass is 16.1. The number of carbonyl (C=O) groups excluding carboxylic acids is 1. The molecule has 4 rings (SSSR count). The van der Waals surface area contributed by atoms with Gasteiger partial charge in [0.2, 0.25) is 5.91 Å². The van der Waals surface area contributed by atoms with Crippen molar-refractivity contribution < 1.29 is 4.79 Å². The van der Waals surface area contributed by atoms with E-state index in [1.54, 1.807) is 0 Å². The molecule has 1 aromatic carbocycles. The number of primary amides is 1. The molecule has 1 amide bonds. The molecule has 0 aromatic heterocycles. The molecule has 1 aliphatic heterocycles. The molecule has 1 saturated heterocycles. The molecule has 0 spiro atoms. The highest BCUT2D eigenvalue weighted by molar-refractivity contribution is 5.93. The Hall–Kier alpha value is -1.35. The third-order valence-electron chi connectivity index (χ3n) is 6.60. The van der Waals surface area contributed by atoms with Crippen LogP contribution in [0.25, 0.3) is 0 Å². The summed E-state index contributed by atoms with van der Waals surface area (Å²) in [6, 6.07) is 6.78. The summed E-state index contributed by atoms with van der Waals surface area (Å²) in [5.74, 6) is 1.28.